The van der Waals surface area contributed by atoms with E-state index in [0.29, 0.717) is 5.92 Å². The van der Waals surface area contributed by atoms with E-state index < -0.39 is 0 Å². The highest BCUT2D eigenvalue weighted by Crippen LogP contribution is 2.33. The van der Waals surface area contributed by atoms with E-state index in [9.17, 15) is 9.59 Å². The van der Waals surface area contributed by atoms with Crippen molar-refractivity contribution in [2.75, 3.05) is 25.0 Å². The van der Waals surface area contributed by atoms with Gasteiger partial charge in [0.05, 0.1) is 4.88 Å². The van der Waals surface area contributed by atoms with Gasteiger partial charge in [0, 0.05) is 40.4 Å². The van der Waals surface area contributed by atoms with Crippen molar-refractivity contribution in [3.63, 3.8) is 0 Å². The molecule has 3 fully saturated rings. The van der Waals surface area contributed by atoms with Gasteiger partial charge in [0.15, 0.2) is 0 Å². The Bertz CT molecular complexity index is 843. The number of hydrogen-bond acceptors (Lipinski definition) is 5. The highest BCUT2D eigenvalue weighted by atomic mass is 32.2. The zero-order valence-corrected chi connectivity index (χ0v) is 16.9. The number of thiophene rings is 1. The molecule has 3 saturated heterocycles. The molecule has 0 spiro atoms. The molecule has 4 heterocycles. The van der Waals surface area contributed by atoms with Crippen LogP contribution in [0.3, 0.4) is 0 Å². The molecule has 2 aromatic rings. The van der Waals surface area contributed by atoms with Crippen molar-refractivity contribution >= 4 is 40.6 Å². The average Bonchev–Trinajstić information content (AvgIpc) is 3.11. The van der Waals surface area contributed by atoms with Crippen molar-refractivity contribution in [1.29, 1.82) is 0 Å². The molecule has 3 aliphatic heterocycles. The van der Waals surface area contributed by atoms with E-state index >= 15 is 0 Å². The topological polar surface area (TPSA) is 61.4 Å². The fourth-order valence-electron chi connectivity index (χ4n) is 3.84. The van der Waals surface area contributed by atoms with Crippen LogP contribution in [0.25, 0.3) is 0 Å². The van der Waals surface area contributed by atoms with E-state index in [1.807, 2.05) is 35.7 Å². The summed E-state index contributed by atoms with van der Waals surface area (Å²) in [6.45, 7) is 4.83. The van der Waals surface area contributed by atoms with Gasteiger partial charge < -0.3 is 15.5 Å². The lowest BCUT2D eigenvalue weighted by molar-refractivity contribution is -0.114. The van der Waals surface area contributed by atoms with Crippen LogP contribution in [0.2, 0.25) is 0 Å². The summed E-state index contributed by atoms with van der Waals surface area (Å²) in [7, 11) is 0. The maximum absolute atomic E-state index is 12.7. The number of amides is 2. The number of carbonyl (C=O) groups is 2. The number of fused-ring (bicyclic) bond motifs is 3. The molecule has 5 rings (SSSR count). The van der Waals surface area contributed by atoms with Crippen molar-refractivity contribution < 1.29 is 9.59 Å². The second-order valence-corrected chi connectivity index (χ2v) is 9.23. The lowest BCUT2D eigenvalue weighted by Crippen LogP contribution is -2.57. The quantitative estimate of drug-likeness (QED) is 0.802. The molecule has 0 saturated carbocycles. The maximum atomic E-state index is 12.7. The Morgan fingerprint density at radius 3 is 2.70 bits per heavy atom. The van der Waals surface area contributed by atoms with Gasteiger partial charge in [-0.25, -0.2) is 0 Å². The number of hydrogen-bond donors (Lipinski definition) is 2. The van der Waals surface area contributed by atoms with Crippen LogP contribution < -0.4 is 10.6 Å². The van der Waals surface area contributed by atoms with Gasteiger partial charge in [-0.05, 0) is 56.1 Å². The van der Waals surface area contributed by atoms with Crippen molar-refractivity contribution in [1.82, 2.24) is 10.2 Å². The summed E-state index contributed by atoms with van der Waals surface area (Å²) in [6.07, 6.45) is 2.39. The number of carbonyl (C=O) groups excluding carboxylic acids is 2. The van der Waals surface area contributed by atoms with E-state index in [2.05, 4.69) is 15.5 Å². The lowest BCUT2D eigenvalue weighted by Gasteiger charge is -2.44. The molecule has 5 nitrogen and oxygen atoms in total. The highest BCUT2D eigenvalue weighted by molar-refractivity contribution is 7.99. The summed E-state index contributed by atoms with van der Waals surface area (Å²) in [5.74, 6) is 0.584. The molecule has 1 aromatic heterocycles. The predicted octanol–water partition coefficient (Wildman–Crippen LogP) is 3.68. The molecule has 3 aliphatic rings. The van der Waals surface area contributed by atoms with Gasteiger partial charge in [-0.15, -0.1) is 11.3 Å². The number of anilines is 1. The molecule has 142 valence electrons. The van der Waals surface area contributed by atoms with Gasteiger partial charge >= 0.3 is 0 Å². The van der Waals surface area contributed by atoms with Crippen LogP contribution in [-0.4, -0.2) is 42.4 Å². The minimum Gasteiger partial charge on any atom is -0.347 e. The van der Waals surface area contributed by atoms with Crippen molar-refractivity contribution in [3.8, 4) is 0 Å². The molecule has 0 unspecified atom stereocenters. The average molecular weight is 402 g/mol. The smallest absolute Gasteiger partial charge is 0.261 e. The summed E-state index contributed by atoms with van der Waals surface area (Å²) < 4.78 is 0. The van der Waals surface area contributed by atoms with E-state index in [1.54, 1.807) is 11.8 Å². The van der Waals surface area contributed by atoms with Gasteiger partial charge in [0.25, 0.3) is 5.91 Å². The van der Waals surface area contributed by atoms with Gasteiger partial charge in [-0.1, -0.05) is 17.8 Å². The highest BCUT2D eigenvalue weighted by Gasteiger charge is 2.35. The van der Waals surface area contributed by atoms with Gasteiger partial charge in [0.2, 0.25) is 5.91 Å². The number of nitrogens with zero attached hydrogens (tertiary/aromatic N) is 1. The Kier molecular flexibility index (Phi) is 5.52. The molecule has 2 bridgehead atoms. The minimum atomic E-state index is -0.0839. The van der Waals surface area contributed by atoms with Crippen molar-refractivity contribution in [2.45, 2.75) is 35.6 Å². The molecule has 27 heavy (non-hydrogen) atoms. The Labute approximate surface area is 167 Å². The van der Waals surface area contributed by atoms with Crippen molar-refractivity contribution in [2.24, 2.45) is 5.92 Å². The zero-order valence-electron chi connectivity index (χ0n) is 15.2. The molecule has 2 N–H and O–H groups in total. The number of rotatable bonds is 5. The number of nitrogens with one attached hydrogen (secondary N) is 2. The molecule has 1 atom stereocenters. The Hall–Kier alpha value is -1.83. The van der Waals surface area contributed by atoms with Crippen LogP contribution in [0.4, 0.5) is 5.69 Å². The van der Waals surface area contributed by atoms with Crippen molar-refractivity contribution in [3.05, 3.63) is 40.6 Å². The predicted molar refractivity (Wildman–Crippen MR) is 110 cm³/mol. The molecule has 0 aliphatic carbocycles. The van der Waals surface area contributed by atoms with Gasteiger partial charge in [-0.2, -0.15) is 0 Å². The van der Waals surface area contributed by atoms with E-state index in [4.69, 9.17) is 0 Å². The summed E-state index contributed by atoms with van der Waals surface area (Å²) >= 11 is 3.08. The molecular weight excluding hydrogens is 378 g/mol. The first-order chi connectivity index (χ1) is 13.1. The first-order valence-electron chi connectivity index (χ1n) is 9.24. The largest absolute Gasteiger partial charge is 0.347 e. The Morgan fingerprint density at radius 1 is 1.19 bits per heavy atom. The summed E-state index contributed by atoms with van der Waals surface area (Å²) in [4.78, 5) is 29.1. The molecule has 7 heteroatoms. The van der Waals surface area contributed by atoms with Gasteiger partial charge in [-0.3, -0.25) is 9.59 Å². The maximum Gasteiger partial charge on any atom is 0.261 e. The van der Waals surface area contributed by atoms with Crippen LogP contribution in [0.15, 0.2) is 45.5 Å². The van der Waals surface area contributed by atoms with Crippen LogP contribution in [0.5, 0.6) is 0 Å². The number of benzene rings is 1. The lowest BCUT2D eigenvalue weighted by atomic mass is 9.84. The van der Waals surface area contributed by atoms with E-state index in [1.165, 1.54) is 44.2 Å². The van der Waals surface area contributed by atoms with E-state index in [-0.39, 0.29) is 17.9 Å². The Morgan fingerprint density at radius 2 is 2.00 bits per heavy atom. The third kappa shape index (κ3) is 4.54. The normalized spacial score (nSPS) is 23.8. The Balaban J connectivity index is 1.38. The zero-order chi connectivity index (χ0) is 18.8. The SMILES string of the molecule is CC(=O)Nc1cccc(Sc2csc(C(=O)N[C@H]3CN4CCC3CC4)c2)c1. The monoisotopic (exact) mass is 401 g/mol. The second kappa shape index (κ2) is 8.04. The van der Waals surface area contributed by atoms with Gasteiger partial charge in [0.1, 0.15) is 0 Å². The van der Waals surface area contributed by atoms with Crippen LogP contribution >= 0.6 is 23.1 Å². The number of piperidine rings is 3. The molecule has 0 radical (unpaired) electrons. The van der Waals surface area contributed by atoms with E-state index in [0.717, 1.165) is 26.9 Å². The third-order valence-corrected chi connectivity index (χ3v) is 7.20. The van der Waals surface area contributed by atoms with Crippen LogP contribution in [0.1, 0.15) is 29.4 Å². The molecule has 2 amide bonds. The van der Waals surface area contributed by atoms with Crippen LogP contribution in [0, 0.1) is 5.92 Å². The first-order valence-corrected chi connectivity index (χ1v) is 10.9. The fraction of sp³-hybridized carbons (Fsp3) is 0.400. The molecule has 1 aromatic carbocycles. The standard InChI is InChI=1S/C20H23N3O2S2/c1-13(24)21-15-3-2-4-16(9-15)27-17-10-19(26-12-17)20(25)22-18-11-23-7-5-14(18)6-8-23/h2-4,9-10,12,14,18H,5-8,11H2,1H3,(H,21,24)(H,22,25)/t18-/m0/s1. The third-order valence-electron chi connectivity index (χ3n) is 5.16. The fourth-order valence-corrected chi connectivity index (χ4v) is 5.70. The first kappa shape index (κ1) is 18.5. The van der Waals surface area contributed by atoms with Crippen LogP contribution in [-0.2, 0) is 4.79 Å². The minimum absolute atomic E-state index is 0.0394. The second-order valence-electron chi connectivity index (χ2n) is 7.18. The summed E-state index contributed by atoms with van der Waals surface area (Å²) in [5, 5.41) is 8.06. The summed E-state index contributed by atoms with van der Waals surface area (Å²) in [5.41, 5.74) is 0.781. The molecular formula is C20H23N3O2S2. The summed E-state index contributed by atoms with van der Waals surface area (Å²) in [6, 6.07) is 9.97.